The summed E-state index contributed by atoms with van der Waals surface area (Å²) in [6.07, 6.45) is 3.38. The van der Waals surface area contributed by atoms with Gasteiger partial charge in [0, 0.05) is 22.3 Å². The molecular weight excluding hydrogens is 327 g/mol. The Morgan fingerprint density at radius 2 is 1.84 bits per heavy atom. The molecule has 3 rings (SSSR count). The molecule has 1 heterocycles. The number of fused-ring (bicyclic) bond motifs is 1. The predicted molar refractivity (Wildman–Crippen MR) is 88.5 cm³/mol. The van der Waals surface area contributed by atoms with E-state index in [1.807, 2.05) is 0 Å². The van der Waals surface area contributed by atoms with Gasteiger partial charge in [0.1, 0.15) is 11.6 Å². The zero-order valence-electron chi connectivity index (χ0n) is 14.1. The van der Waals surface area contributed by atoms with Crippen molar-refractivity contribution in [3.05, 3.63) is 46.0 Å². The molecule has 1 aromatic heterocycles. The lowest BCUT2D eigenvalue weighted by Crippen LogP contribution is -2.09. The Kier molecular flexibility index (Phi) is 5.20. The number of halogens is 1. The summed E-state index contributed by atoms with van der Waals surface area (Å²) >= 11 is 0. The first-order chi connectivity index (χ1) is 12.1. The number of aliphatic hydroxyl groups excluding tert-OH is 2. The molecule has 6 heteroatoms. The first kappa shape index (κ1) is 17.6. The van der Waals surface area contributed by atoms with Crippen molar-refractivity contribution in [2.75, 3.05) is 6.61 Å². The largest absolute Gasteiger partial charge is 0.460 e. The zero-order chi connectivity index (χ0) is 18.0. The van der Waals surface area contributed by atoms with E-state index in [-0.39, 0.29) is 24.5 Å². The van der Waals surface area contributed by atoms with Crippen molar-refractivity contribution in [2.24, 2.45) is 0 Å². The van der Waals surface area contributed by atoms with E-state index in [9.17, 15) is 19.4 Å². The quantitative estimate of drug-likeness (QED) is 0.812. The van der Waals surface area contributed by atoms with Gasteiger partial charge >= 0.3 is 5.97 Å². The smallest absolute Gasteiger partial charge is 0.374 e. The van der Waals surface area contributed by atoms with Crippen molar-refractivity contribution >= 4 is 5.97 Å². The number of benzene rings is 1. The van der Waals surface area contributed by atoms with Crippen molar-refractivity contribution < 1.29 is 28.6 Å². The minimum atomic E-state index is -0.582. The number of esters is 1. The topological polar surface area (TPSA) is 79.9 Å². The second kappa shape index (κ2) is 7.37. The molecule has 0 unspecified atom stereocenters. The van der Waals surface area contributed by atoms with Gasteiger partial charge in [-0.3, -0.25) is 0 Å². The molecule has 0 fully saturated rings. The van der Waals surface area contributed by atoms with Crippen LogP contribution in [0.2, 0.25) is 0 Å². The SMILES string of the molecule is CCOC(=O)c1oc(-c2cc(CO)c(F)cc2CO)c2c1CCCC2. The Hall–Kier alpha value is -2.18. The number of aliphatic hydroxyl groups is 2. The minimum Gasteiger partial charge on any atom is -0.460 e. The monoisotopic (exact) mass is 348 g/mol. The Balaban J connectivity index is 2.19. The van der Waals surface area contributed by atoms with E-state index in [2.05, 4.69) is 0 Å². The highest BCUT2D eigenvalue weighted by atomic mass is 19.1. The van der Waals surface area contributed by atoms with Gasteiger partial charge < -0.3 is 19.4 Å². The van der Waals surface area contributed by atoms with Gasteiger partial charge in [0.2, 0.25) is 5.76 Å². The molecule has 0 bridgehead atoms. The number of hydrogen-bond donors (Lipinski definition) is 2. The van der Waals surface area contributed by atoms with Crippen LogP contribution in [0, 0.1) is 5.82 Å². The first-order valence-electron chi connectivity index (χ1n) is 8.45. The highest BCUT2D eigenvalue weighted by Gasteiger charge is 2.29. The van der Waals surface area contributed by atoms with E-state index in [1.165, 1.54) is 12.1 Å². The number of carbonyl (C=O) groups excluding carboxylic acids is 1. The summed E-state index contributed by atoms with van der Waals surface area (Å²) in [5, 5.41) is 19.0. The first-order valence-corrected chi connectivity index (χ1v) is 8.45. The Morgan fingerprint density at radius 3 is 2.48 bits per heavy atom. The standard InChI is InChI=1S/C19H21FO5/c1-2-24-19(23)18-14-6-4-3-5-13(14)17(25-18)15-7-12(10-22)16(20)8-11(15)9-21/h7-8,21-22H,2-6,9-10H2,1H3. The third-order valence-electron chi connectivity index (χ3n) is 4.54. The van der Waals surface area contributed by atoms with Crippen LogP contribution in [0.25, 0.3) is 11.3 Å². The Bertz CT molecular complexity index is 794. The highest BCUT2D eigenvalue weighted by molar-refractivity contribution is 5.90. The van der Waals surface area contributed by atoms with Crippen LogP contribution in [0.4, 0.5) is 4.39 Å². The van der Waals surface area contributed by atoms with Crippen molar-refractivity contribution in [3.8, 4) is 11.3 Å². The lowest BCUT2D eigenvalue weighted by Gasteiger charge is -2.14. The molecule has 0 atom stereocenters. The molecule has 1 aliphatic rings. The molecule has 0 aliphatic heterocycles. The van der Waals surface area contributed by atoms with Crippen LogP contribution in [0.15, 0.2) is 16.5 Å². The molecule has 5 nitrogen and oxygen atoms in total. The maximum Gasteiger partial charge on any atom is 0.374 e. The number of rotatable bonds is 5. The minimum absolute atomic E-state index is 0.117. The molecule has 0 saturated carbocycles. The van der Waals surface area contributed by atoms with Gasteiger partial charge in [-0.1, -0.05) is 0 Å². The Labute approximate surface area is 145 Å². The summed E-state index contributed by atoms with van der Waals surface area (Å²) in [6.45, 7) is 1.14. The van der Waals surface area contributed by atoms with E-state index >= 15 is 0 Å². The molecular formula is C19H21FO5. The summed E-state index contributed by atoms with van der Waals surface area (Å²) < 4.78 is 24.9. The maximum absolute atomic E-state index is 13.9. The van der Waals surface area contributed by atoms with Crippen LogP contribution < -0.4 is 0 Å². The number of ether oxygens (including phenoxy) is 1. The second-order valence-electron chi connectivity index (χ2n) is 6.06. The van der Waals surface area contributed by atoms with E-state index in [0.717, 1.165) is 36.8 Å². The van der Waals surface area contributed by atoms with Gasteiger partial charge in [-0.15, -0.1) is 0 Å². The average molecular weight is 348 g/mol. The van der Waals surface area contributed by atoms with E-state index in [0.29, 0.717) is 16.9 Å². The van der Waals surface area contributed by atoms with Gasteiger partial charge in [0.15, 0.2) is 0 Å². The summed E-state index contributed by atoms with van der Waals surface area (Å²) in [6, 6.07) is 2.67. The van der Waals surface area contributed by atoms with E-state index in [4.69, 9.17) is 9.15 Å². The van der Waals surface area contributed by atoms with Crippen LogP contribution in [0.5, 0.6) is 0 Å². The molecule has 1 aromatic carbocycles. The second-order valence-corrected chi connectivity index (χ2v) is 6.06. The van der Waals surface area contributed by atoms with Crippen LogP contribution in [-0.4, -0.2) is 22.8 Å². The van der Waals surface area contributed by atoms with Crippen molar-refractivity contribution in [1.29, 1.82) is 0 Å². The number of hydrogen-bond acceptors (Lipinski definition) is 5. The average Bonchev–Trinajstić information content (AvgIpc) is 3.01. The highest BCUT2D eigenvalue weighted by Crippen LogP contribution is 2.39. The van der Waals surface area contributed by atoms with Gasteiger partial charge in [0.05, 0.1) is 19.8 Å². The lowest BCUT2D eigenvalue weighted by molar-refractivity contribution is 0.0489. The van der Waals surface area contributed by atoms with Gasteiger partial charge in [-0.05, 0) is 50.3 Å². The molecule has 0 saturated heterocycles. The van der Waals surface area contributed by atoms with Gasteiger partial charge in [0.25, 0.3) is 0 Å². The number of furan rings is 1. The third-order valence-corrected chi connectivity index (χ3v) is 4.54. The third kappa shape index (κ3) is 3.19. The van der Waals surface area contributed by atoms with E-state index < -0.39 is 18.4 Å². The summed E-state index contributed by atoms with van der Waals surface area (Å²) in [4.78, 5) is 12.2. The summed E-state index contributed by atoms with van der Waals surface area (Å²) in [7, 11) is 0. The lowest BCUT2D eigenvalue weighted by atomic mass is 9.89. The fourth-order valence-corrected chi connectivity index (χ4v) is 3.33. The summed E-state index contributed by atoms with van der Waals surface area (Å²) in [5.41, 5.74) is 2.71. The zero-order valence-corrected chi connectivity index (χ0v) is 14.1. The van der Waals surface area contributed by atoms with Crippen molar-refractivity contribution in [3.63, 3.8) is 0 Å². The van der Waals surface area contributed by atoms with Crippen LogP contribution in [0.1, 0.15) is 52.6 Å². The molecule has 0 spiro atoms. The van der Waals surface area contributed by atoms with Crippen LogP contribution in [-0.2, 0) is 30.8 Å². The fraction of sp³-hybridized carbons (Fsp3) is 0.421. The van der Waals surface area contributed by atoms with E-state index in [1.54, 1.807) is 6.92 Å². The normalized spacial score (nSPS) is 13.6. The fourth-order valence-electron chi connectivity index (χ4n) is 3.33. The van der Waals surface area contributed by atoms with Gasteiger partial charge in [-0.25, -0.2) is 9.18 Å². The molecule has 0 amide bonds. The predicted octanol–water partition coefficient (Wildman–Crippen LogP) is 3.13. The number of carbonyl (C=O) groups is 1. The van der Waals surface area contributed by atoms with Crippen LogP contribution in [0.3, 0.4) is 0 Å². The molecule has 2 N–H and O–H groups in total. The summed E-state index contributed by atoms with van der Waals surface area (Å²) in [5.74, 6) is -0.454. The Morgan fingerprint density at radius 1 is 1.16 bits per heavy atom. The van der Waals surface area contributed by atoms with Crippen molar-refractivity contribution in [2.45, 2.75) is 45.8 Å². The van der Waals surface area contributed by atoms with Crippen molar-refractivity contribution in [1.82, 2.24) is 0 Å². The van der Waals surface area contributed by atoms with Crippen LogP contribution >= 0.6 is 0 Å². The van der Waals surface area contributed by atoms with Gasteiger partial charge in [-0.2, -0.15) is 0 Å². The molecule has 2 aromatic rings. The molecule has 0 radical (unpaired) electrons. The maximum atomic E-state index is 13.9. The molecule has 25 heavy (non-hydrogen) atoms. The molecule has 134 valence electrons. The molecule has 1 aliphatic carbocycles.